The summed E-state index contributed by atoms with van der Waals surface area (Å²) in [5.41, 5.74) is -1.07. The number of hydrogen-bond acceptors (Lipinski definition) is 6. The zero-order valence-electron chi connectivity index (χ0n) is 12.9. The monoisotopic (exact) mass is 351 g/mol. The summed E-state index contributed by atoms with van der Waals surface area (Å²) in [4.78, 5) is 20.4. The molecule has 1 atom stereocenters. The lowest BCUT2D eigenvalue weighted by Gasteiger charge is -2.25. The molecule has 126 valence electrons. The van der Waals surface area contributed by atoms with Crippen molar-refractivity contribution in [2.75, 3.05) is 14.1 Å². The number of benzene rings is 2. The van der Waals surface area contributed by atoms with Gasteiger partial charge in [0, 0.05) is 6.07 Å². The van der Waals surface area contributed by atoms with Gasteiger partial charge >= 0.3 is 13.2 Å². The molecule has 9 nitrogen and oxygen atoms in total. The minimum absolute atomic E-state index is 0.300. The summed E-state index contributed by atoms with van der Waals surface area (Å²) in [7, 11) is -0.574. The van der Waals surface area contributed by atoms with E-state index in [2.05, 4.69) is 0 Å². The van der Waals surface area contributed by atoms with E-state index in [4.69, 9.17) is 4.52 Å². The molecule has 0 amide bonds. The second-order valence-corrected chi connectivity index (χ2v) is 7.50. The lowest BCUT2D eigenvalue weighted by Crippen LogP contribution is -2.22. The number of non-ortho nitro benzene ring substituents is 1. The van der Waals surface area contributed by atoms with Gasteiger partial charge in [-0.15, -0.1) is 0 Å². The van der Waals surface area contributed by atoms with Crippen molar-refractivity contribution >= 4 is 24.2 Å². The predicted molar refractivity (Wildman–Crippen MR) is 87.7 cm³/mol. The van der Waals surface area contributed by atoms with E-state index >= 15 is 0 Å². The molecule has 0 spiro atoms. The smallest absolute Gasteiger partial charge is 0.349 e. The van der Waals surface area contributed by atoms with Crippen LogP contribution < -0.4 is 9.83 Å². The number of hydrogen-bond donors (Lipinski definition) is 0. The fourth-order valence-electron chi connectivity index (χ4n) is 1.95. The van der Waals surface area contributed by atoms with Gasteiger partial charge in [-0.05, 0) is 32.3 Å². The SMILES string of the molecule is CN(C)P(=O)(Oc1ccc([N+](=O)[O-])cc1[N+](=O)[O-])c1ccccc1. The van der Waals surface area contributed by atoms with E-state index in [1.165, 1.54) is 18.8 Å². The molecule has 24 heavy (non-hydrogen) atoms. The van der Waals surface area contributed by atoms with Gasteiger partial charge < -0.3 is 4.52 Å². The zero-order chi connectivity index (χ0) is 17.9. The van der Waals surface area contributed by atoms with E-state index in [0.717, 1.165) is 18.2 Å². The molecular weight excluding hydrogens is 337 g/mol. The first kappa shape index (κ1) is 17.6. The van der Waals surface area contributed by atoms with Gasteiger partial charge in [-0.2, -0.15) is 0 Å². The number of nitrogens with zero attached hydrogens (tertiary/aromatic N) is 3. The molecule has 2 aromatic rings. The summed E-state index contributed by atoms with van der Waals surface area (Å²) in [5, 5.41) is 22.3. The van der Waals surface area contributed by atoms with Crippen molar-refractivity contribution < 1.29 is 18.9 Å². The molecule has 0 saturated carbocycles. The Morgan fingerprint density at radius 3 is 2.12 bits per heavy atom. The van der Waals surface area contributed by atoms with Crippen LogP contribution in [-0.4, -0.2) is 28.6 Å². The largest absolute Gasteiger partial charge is 0.422 e. The summed E-state index contributed by atoms with van der Waals surface area (Å²) >= 11 is 0. The maximum Gasteiger partial charge on any atom is 0.349 e. The Labute approximate surface area is 137 Å². The molecular formula is C14H14N3O6P. The van der Waals surface area contributed by atoms with Gasteiger partial charge in [-0.1, -0.05) is 18.2 Å². The van der Waals surface area contributed by atoms with Crippen LogP contribution in [0, 0.1) is 20.2 Å². The Kier molecular flexibility index (Phi) is 4.96. The lowest BCUT2D eigenvalue weighted by molar-refractivity contribution is -0.394. The summed E-state index contributed by atoms with van der Waals surface area (Å²) < 4.78 is 20.0. The third kappa shape index (κ3) is 3.42. The molecule has 2 aromatic carbocycles. The van der Waals surface area contributed by atoms with E-state index in [1.807, 2.05) is 0 Å². The molecule has 0 heterocycles. The first-order valence-corrected chi connectivity index (χ1v) is 8.29. The second kappa shape index (κ2) is 6.77. The molecule has 0 aliphatic carbocycles. The average molecular weight is 351 g/mol. The maximum atomic E-state index is 13.2. The quantitative estimate of drug-likeness (QED) is 0.446. The lowest BCUT2D eigenvalue weighted by atomic mass is 10.2. The molecule has 1 unspecified atom stereocenters. The van der Waals surface area contributed by atoms with Crippen LogP contribution in [0.15, 0.2) is 48.5 Å². The standard InChI is InChI=1S/C14H14N3O6P/c1-15(2)24(22,12-6-4-3-5-7-12)23-14-9-8-11(16(18)19)10-13(14)17(20)21/h3-10H,1-2H3. The molecule has 0 aliphatic heterocycles. The van der Waals surface area contributed by atoms with E-state index in [-0.39, 0.29) is 5.75 Å². The minimum atomic E-state index is -3.61. The van der Waals surface area contributed by atoms with Crippen LogP contribution in [0.5, 0.6) is 5.75 Å². The second-order valence-electron chi connectivity index (χ2n) is 4.96. The molecule has 0 saturated heterocycles. The fraction of sp³-hybridized carbons (Fsp3) is 0.143. The van der Waals surface area contributed by atoms with Gasteiger partial charge in [-0.25, -0.2) is 4.67 Å². The Morgan fingerprint density at radius 2 is 1.62 bits per heavy atom. The summed E-state index contributed by atoms with van der Waals surface area (Å²) in [6.45, 7) is 0. The van der Waals surface area contributed by atoms with Gasteiger partial charge in [-0.3, -0.25) is 24.8 Å². The highest BCUT2D eigenvalue weighted by Crippen LogP contribution is 2.50. The van der Waals surface area contributed by atoms with Crippen LogP contribution in [-0.2, 0) is 4.57 Å². The highest BCUT2D eigenvalue weighted by Gasteiger charge is 2.34. The zero-order valence-corrected chi connectivity index (χ0v) is 13.8. The first-order chi connectivity index (χ1) is 11.3. The fourth-order valence-corrected chi connectivity index (χ4v) is 3.65. The van der Waals surface area contributed by atoms with Crippen molar-refractivity contribution in [1.29, 1.82) is 0 Å². The first-order valence-electron chi connectivity index (χ1n) is 6.71. The molecule has 0 aromatic heterocycles. The minimum Gasteiger partial charge on any atom is -0.422 e. The number of rotatable bonds is 6. The highest BCUT2D eigenvalue weighted by molar-refractivity contribution is 7.65. The van der Waals surface area contributed by atoms with Crippen LogP contribution in [0.3, 0.4) is 0 Å². The molecule has 10 heteroatoms. The third-order valence-corrected chi connectivity index (χ3v) is 5.63. The Bertz CT molecular complexity index is 825. The van der Waals surface area contributed by atoms with Gasteiger partial charge in [0.25, 0.3) is 5.69 Å². The predicted octanol–water partition coefficient (Wildman–Crippen LogP) is 2.96. The van der Waals surface area contributed by atoms with Crippen molar-refractivity contribution in [1.82, 2.24) is 4.67 Å². The number of nitro benzene ring substituents is 2. The average Bonchev–Trinajstić information content (AvgIpc) is 2.55. The van der Waals surface area contributed by atoms with Gasteiger partial charge in [0.1, 0.15) is 0 Å². The van der Waals surface area contributed by atoms with Crippen LogP contribution in [0.4, 0.5) is 11.4 Å². The van der Waals surface area contributed by atoms with E-state index in [9.17, 15) is 24.8 Å². The van der Waals surface area contributed by atoms with Crippen molar-refractivity contribution in [3.8, 4) is 5.75 Å². The third-order valence-electron chi connectivity index (χ3n) is 3.18. The molecule has 0 N–H and O–H groups in total. The van der Waals surface area contributed by atoms with E-state index < -0.39 is 28.7 Å². The molecule has 2 rings (SSSR count). The normalized spacial score (nSPS) is 13.3. The van der Waals surface area contributed by atoms with E-state index in [0.29, 0.717) is 5.30 Å². The molecule has 0 aliphatic rings. The van der Waals surface area contributed by atoms with E-state index in [1.54, 1.807) is 30.3 Å². The summed E-state index contributed by atoms with van der Waals surface area (Å²) in [5.74, 6) is -0.300. The summed E-state index contributed by atoms with van der Waals surface area (Å²) in [6.07, 6.45) is 0. The topological polar surface area (TPSA) is 116 Å². The number of nitro groups is 2. The molecule has 0 radical (unpaired) electrons. The Balaban J connectivity index is 2.53. The van der Waals surface area contributed by atoms with Gasteiger partial charge in [0.05, 0.1) is 21.2 Å². The maximum absolute atomic E-state index is 13.2. The molecule has 0 bridgehead atoms. The van der Waals surface area contributed by atoms with Crippen molar-refractivity contribution in [3.63, 3.8) is 0 Å². The van der Waals surface area contributed by atoms with Gasteiger partial charge in [0.2, 0.25) is 5.75 Å². The van der Waals surface area contributed by atoms with Crippen molar-refractivity contribution in [2.24, 2.45) is 0 Å². The van der Waals surface area contributed by atoms with Gasteiger partial charge in [0.15, 0.2) is 0 Å². The molecule has 0 fully saturated rings. The Hall–Kier alpha value is -2.77. The van der Waals surface area contributed by atoms with Crippen LogP contribution >= 0.6 is 7.52 Å². The summed E-state index contributed by atoms with van der Waals surface area (Å²) in [6, 6.07) is 11.1. The van der Waals surface area contributed by atoms with Crippen molar-refractivity contribution in [2.45, 2.75) is 0 Å². The highest BCUT2D eigenvalue weighted by atomic mass is 31.2. The van der Waals surface area contributed by atoms with Crippen LogP contribution in [0.1, 0.15) is 0 Å². The van der Waals surface area contributed by atoms with Crippen molar-refractivity contribution in [3.05, 3.63) is 68.8 Å². The van der Waals surface area contributed by atoms with Crippen LogP contribution in [0.25, 0.3) is 0 Å². The van der Waals surface area contributed by atoms with Crippen LogP contribution in [0.2, 0.25) is 0 Å². The Morgan fingerprint density at radius 1 is 1.00 bits per heavy atom.